The number of aromatic nitrogens is 2. The Morgan fingerprint density at radius 2 is 2.36 bits per heavy atom. The summed E-state index contributed by atoms with van der Waals surface area (Å²) < 4.78 is 18.3. The molecule has 2 rings (SSSR count). The van der Waals surface area contributed by atoms with Gasteiger partial charge in [-0.15, -0.1) is 21.5 Å². The van der Waals surface area contributed by atoms with E-state index in [2.05, 4.69) is 10.2 Å². The number of hydrogen-bond donors (Lipinski definition) is 1. The van der Waals surface area contributed by atoms with Crippen molar-refractivity contribution in [3.63, 3.8) is 0 Å². The minimum absolute atomic E-state index is 0.223. The number of halogens is 1. The van der Waals surface area contributed by atoms with Gasteiger partial charge in [-0.25, -0.2) is 4.39 Å². The molecule has 0 fully saturated rings. The van der Waals surface area contributed by atoms with Gasteiger partial charge in [0.05, 0.1) is 0 Å². The second-order valence-electron chi connectivity index (χ2n) is 2.64. The van der Waals surface area contributed by atoms with Crippen LogP contribution >= 0.6 is 11.3 Å². The van der Waals surface area contributed by atoms with Gasteiger partial charge in [0.2, 0.25) is 5.89 Å². The molecule has 0 aliphatic rings. The molecule has 0 unspecified atom stereocenters. The predicted molar refractivity (Wildman–Crippen MR) is 50.3 cm³/mol. The maximum absolute atomic E-state index is 13.1. The second kappa shape index (κ2) is 3.85. The quantitative estimate of drug-likeness (QED) is 0.837. The summed E-state index contributed by atoms with van der Waals surface area (Å²) in [5.41, 5.74) is 5.32. The highest BCUT2D eigenvalue weighted by atomic mass is 32.1. The van der Waals surface area contributed by atoms with Crippen LogP contribution in [0.5, 0.6) is 0 Å². The number of thiophene rings is 1. The average molecular weight is 213 g/mol. The van der Waals surface area contributed by atoms with Crippen LogP contribution in [0.15, 0.2) is 15.9 Å². The Morgan fingerprint density at radius 3 is 3.00 bits per heavy atom. The summed E-state index contributed by atoms with van der Waals surface area (Å²) in [7, 11) is 0. The molecule has 0 atom stereocenters. The lowest BCUT2D eigenvalue weighted by Gasteiger charge is -1.88. The van der Waals surface area contributed by atoms with Crippen LogP contribution < -0.4 is 5.73 Å². The number of nitrogens with two attached hydrogens (primary N) is 1. The van der Waals surface area contributed by atoms with Crippen molar-refractivity contribution in [3.8, 4) is 10.8 Å². The third kappa shape index (κ3) is 1.66. The molecule has 6 heteroatoms. The lowest BCUT2D eigenvalue weighted by atomic mass is 10.4. The zero-order chi connectivity index (χ0) is 9.97. The van der Waals surface area contributed by atoms with Crippen LogP contribution in [0, 0.1) is 5.82 Å². The van der Waals surface area contributed by atoms with E-state index < -0.39 is 0 Å². The van der Waals surface area contributed by atoms with Crippen molar-refractivity contribution in [1.29, 1.82) is 0 Å². The van der Waals surface area contributed by atoms with Crippen LogP contribution in [-0.4, -0.2) is 16.7 Å². The van der Waals surface area contributed by atoms with E-state index in [-0.39, 0.29) is 11.7 Å². The first-order valence-electron chi connectivity index (χ1n) is 4.07. The predicted octanol–water partition coefficient (Wildman–Crippen LogP) is 1.44. The fraction of sp³-hybridized carbons (Fsp3) is 0.250. The molecule has 14 heavy (non-hydrogen) atoms. The highest BCUT2D eigenvalue weighted by Crippen LogP contribution is 2.26. The van der Waals surface area contributed by atoms with Gasteiger partial charge in [-0.2, -0.15) is 0 Å². The first kappa shape index (κ1) is 9.29. The zero-order valence-corrected chi connectivity index (χ0v) is 8.05. The normalized spacial score (nSPS) is 10.7. The number of hydrogen-bond acceptors (Lipinski definition) is 5. The highest BCUT2D eigenvalue weighted by molar-refractivity contribution is 7.13. The first-order valence-corrected chi connectivity index (χ1v) is 4.95. The fourth-order valence-corrected chi connectivity index (χ4v) is 1.70. The molecular weight excluding hydrogens is 205 g/mol. The van der Waals surface area contributed by atoms with Crippen LogP contribution in [-0.2, 0) is 6.42 Å². The van der Waals surface area contributed by atoms with Crippen LogP contribution in [0.4, 0.5) is 4.39 Å². The molecule has 0 saturated heterocycles. The van der Waals surface area contributed by atoms with Gasteiger partial charge in [0, 0.05) is 13.0 Å². The number of nitrogens with zero attached hydrogens (tertiary/aromatic N) is 2. The molecular formula is C8H8FN3OS. The summed E-state index contributed by atoms with van der Waals surface area (Å²) in [6, 6.07) is 1.37. The molecule has 2 N–H and O–H groups in total. The second-order valence-corrected chi connectivity index (χ2v) is 3.55. The molecule has 0 saturated carbocycles. The van der Waals surface area contributed by atoms with Gasteiger partial charge in [-0.3, -0.25) is 0 Å². The Labute approximate surface area is 83.6 Å². The molecule has 0 aliphatic carbocycles. The average Bonchev–Trinajstić information content (AvgIpc) is 2.74. The molecule has 0 aliphatic heterocycles. The van der Waals surface area contributed by atoms with E-state index in [0.717, 1.165) is 0 Å². The van der Waals surface area contributed by atoms with Crippen LogP contribution in [0.3, 0.4) is 0 Å². The molecule has 0 radical (unpaired) electrons. The summed E-state index contributed by atoms with van der Waals surface area (Å²) in [6.45, 7) is 0.439. The molecule has 0 aromatic carbocycles. The number of rotatable bonds is 3. The lowest BCUT2D eigenvalue weighted by molar-refractivity contribution is 0.504. The van der Waals surface area contributed by atoms with E-state index in [4.69, 9.17) is 10.2 Å². The minimum Gasteiger partial charge on any atom is -0.420 e. The molecule has 2 aromatic heterocycles. The van der Waals surface area contributed by atoms with Crippen molar-refractivity contribution in [2.45, 2.75) is 6.42 Å². The van der Waals surface area contributed by atoms with Gasteiger partial charge in [-0.1, -0.05) is 0 Å². The third-order valence-electron chi connectivity index (χ3n) is 1.64. The molecule has 0 amide bonds. The smallest absolute Gasteiger partial charge is 0.260 e. The largest absolute Gasteiger partial charge is 0.420 e. The summed E-state index contributed by atoms with van der Waals surface area (Å²) in [4.78, 5) is 0.376. The van der Waals surface area contributed by atoms with Gasteiger partial charge in [0.1, 0.15) is 10.7 Å². The Balaban J connectivity index is 2.29. The van der Waals surface area contributed by atoms with Crippen LogP contribution in [0.25, 0.3) is 10.8 Å². The van der Waals surface area contributed by atoms with E-state index >= 15 is 0 Å². The van der Waals surface area contributed by atoms with Gasteiger partial charge < -0.3 is 10.2 Å². The van der Waals surface area contributed by atoms with E-state index in [0.29, 0.717) is 23.7 Å². The summed E-state index contributed by atoms with van der Waals surface area (Å²) >= 11 is 1.23. The Kier molecular flexibility index (Phi) is 2.55. The standard InChI is InChI=1S/C8H8FN3OS/c9-5-2-4-14-7(5)8-12-11-6(13-8)1-3-10/h2,4H,1,3,10H2. The maximum atomic E-state index is 13.1. The van der Waals surface area contributed by atoms with Gasteiger partial charge in [-0.05, 0) is 11.4 Å². The molecule has 74 valence electrons. The van der Waals surface area contributed by atoms with Crippen molar-refractivity contribution in [2.75, 3.05) is 6.54 Å². The third-order valence-corrected chi connectivity index (χ3v) is 2.51. The van der Waals surface area contributed by atoms with E-state index in [1.807, 2.05) is 0 Å². The fourth-order valence-electron chi connectivity index (χ4n) is 1.02. The molecule has 0 spiro atoms. The summed E-state index contributed by atoms with van der Waals surface area (Å²) in [5.74, 6) is 0.328. The van der Waals surface area contributed by atoms with Gasteiger partial charge in [0.15, 0.2) is 0 Å². The maximum Gasteiger partial charge on any atom is 0.260 e. The van der Waals surface area contributed by atoms with Crippen molar-refractivity contribution < 1.29 is 8.81 Å². The van der Waals surface area contributed by atoms with E-state index in [1.54, 1.807) is 5.38 Å². The van der Waals surface area contributed by atoms with Gasteiger partial charge in [0.25, 0.3) is 5.89 Å². The molecule has 2 heterocycles. The topological polar surface area (TPSA) is 64.9 Å². The SMILES string of the molecule is NCCc1nnc(-c2sccc2F)o1. The highest BCUT2D eigenvalue weighted by Gasteiger charge is 2.13. The minimum atomic E-state index is -0.335. The lowest BCUT2D eigenvalue weighted by Crippen LogP contribution is -2.02. The van der Waals surface area contributed by atoms with E-state index in [1.165, 1.54) is 17.4 Å². The van der Waals surface area contributed by atoms with Gasteiger partial charge >= 0.3 is 0 Å². The van der Waals surface area contributed by atoms with Crippen molar-refractivity contribution in [3.05, 3.63) is 23.2 Å². The Hall–Kier alpha value is -1.27. The Morgan fingerprint density at radius 1 is 1.50 bits per heavy atom. The van der Waals surface area contributed by atoms with Crippen LogP contribution in [0.2, 0.25) is 0 Å². The zero-order valence-electron chi connectivity index (χ0n) is 7.24. The van der Waals surface area contributed by atoms with Crippen molar-refractivity contribution >= 4 is 11.3 Å². The first-order chi connectivity index (χ1) is 6.81. The molecule has 0 bridgehead atoms. The van der Waals surface area contributed by atoms with Crippen LogP contribution in [0.1, 0.15) is 5.89 Å². The summed E-state index contributed by atoms with van der Waals surface area (Å²) in [5, 5.41) is 9.12. The van der Waals surface area contributed by atoms with Crippen molar-refractivity contribution in [1.82, 2.24) is 10.2 Å². The van der Waals surface area contributed by atoms with Crippen molar-refractivity contribution in [2.24, 2.45) is 5.73 Å². The van der Waals surface area contributed by atoms with E-state index in [9.17, 15) is 4.39 Å². The monoisotopic (exact) mass is 213 g/mol. The molecule has 2 aromatic rings. The summed E-state index contributed by atoms with van der Waals surface area (Å²) in [6.07, 6.45) is 0.514. The molecule has 4 nitrogen and oxygen atoms in total. The Bertz CT molecular complexity index is 426.